The lowest BCUT2D eigenvalue weighted by molar-refractivity contribution is 0.363. The van der Waals surface area contributed by atoms with Crippen LogP contribution >= 0.6 is 0 Å². The van der Waals surface area contributed by atoms with E-state index >= 15 is 0 Å². The molecule has 12 heavy (non-hydrogen) atoms. The Morgan fingerprint density at radius 1 is 1.42 bits per heavy atom. The fourth-order valence-corrected chi connectivity index (χ4v) is 3.10. The first kappa shape index (κ1) is 8.34. The van der Waals surface area contributed by atoms with Crippen molar-refractivity contribution in [2.24, 2.45) is 17.3 Å². The second-order valence-electron chi connectivity index (χ2n) is 4.81. The van der Waals surface area contributed by atoms with Crippen molar-refractivity contribution in [1.82, 2.24) is 0 Å². The quantitative estimate of drug-likeness (QED) is 0.545. The molecule has 1 fully saturated rings. The van der Waals surface area contributed by atoms with E-state index in [1.54, 1.807) is 0 Å². The van der Waals surface area contributed by atoms with Crippen molar-refractivity contribution in [1.29, 1.82) is 0 Å². The molecule has 1 saturated carbocycles. The average molecular weight is 164 g/mol. The summed E-state index contributed by atoms with van der Waals surface area (Å²) in [5.74, 6) is 2.02. The molecule has 2 aliphatic carbocycles. The van der Waals surface area contributed by atoms with Gasteiger partial charge in [0.2, 0.25) is 0 Å². The summed E-state index contributed by atoms with van der Waals surface area (Å²) < 4.78 is 0. The predicted octanol–water partition coefficient (Wildman–Crippen LogP) is 3.78. The van der Waals surface area contributed by atoms with Crippen LogP contribution in [0.15, 0.2) is 12.2 Å². The lowest BCUT2D eigenvalue weighted by Gasteiger charge is -2.15. The molecule has 0 amide bonds. The van der Waals surface area contributed by atoms with E-state index < -0.39 is 0 Å². The van der Waals surface area contributed by atoms with Crippen molar-refractivity contribution < 1.29 is 0 Å². The number of rotatable bonds is 2. The predicted molar refractivity (Wildman–Crippen MR) is 53.0 cm³/mol. The minimum absolute atomic E-state index is 0.765. The summed E-state index contributed by atoms with van der Waals surface area (Å²) in [7, 11) is 0. The summed E-state index contributed by atoms with van der Waals surface area (Å²) in [4.78, 5) is 0. The van der Waals surface area contributed by atoms with Gasteiger partial charge in [-0.1, -0.05) is 32.4 Å². The topological polar surface area (TPSA) is 0 Å². The molecule has 0 aromatic carbocycles. The molecule has 2 aliphatic rings. The monoisotopic (exact) mass is 164 g/mol. The zero-order valence-corrected chi connectivity index (χ0v) is 8.34. The molecule has 0 nitrogen and oxygen atoms in total. The first-order valence-electron chi connectivity index (χ1n) is 5.43. The molecule has 0 heteroatoms. The first-order valence-corrected chi connectivity index (χ1v) is 5.43. The summed E-state index contributed by atoms with van der Waals surface area (Å²) in [5, 5.41) is 0. The molecule has 3 unspecified atom stereocenters. The summed E-state index contributed by atoms with van der Waals surface area (Å²) in [6.07, 6.45) is 11.9. The Hall–Kier alpha value is -0.260. The minimum atomic E-state index is 0.765. The molecular weight excluding hydrogens is 144 g/mol. The Kier molecular flexibility index (Phi) is 2.02. The van der Waals surface area contributed by atoms with E-state index in [2.05, 4.69) is 26.0 Å². The highest BCUT2D eigenvalue weighted by Gasteiger charge is 2.54. The van der Waals surface area contributed by atoms with Crippen molar-refractivity contribution in [3.05, 3.63) is 12.2 Å². The van der Waals surface area contributed by atoms with Crippen LogP contribution in [0.4, 0.5) is 0 Å². The van der Waals surface area contributed by atoms with E-state index in [4.69, 9.17) is 0 Å². The van der Waals surface area contributed by atoms with E-state index in [1.165, 1.54) is 32.1 Å². The Morgan fingerprint density at radius 3 is 3.00 bits per heavy atom. The zero-order valence-electron chi connectivity index (χ0n) is 8.34. The van der Waals surface area contributed by atoms with Gasteiger partial charge in [0.15, 0.2) is 0 Å². The van der Waals surface area contributed by atoms with Crippen LogP contribution in [0.2, 0.25) is 0 Å². The lowest BCUT2D eigenvalue weighted by atomic mass is 9.90. The van der Waals surface area contributed by atoms with Gasteiger partial charge in [-0.3, -0.25) is 0 Å². The van der Waals surface area contributed by atoms with E-state index in [1.807, 2.05) is 0 Å². The molecule has 0 aromatic rings. The van der Waals surface area contributed by atoms with Crippen LogP contribution < -0.4 is 0 Å². The molecule has 0 heterocycles. The molecule has 0 bridgehead atoms. The molecule has 0 saturated heterocycles. The van der Waals surface area contributed by atoms with Crippen LogP contribution in [0.25, 0.3) is 0 Å². The molecular formula is C12H20. The SMILES string of the molecule is CCCC12CC=CCC(C)C1C2. The van der Waals surface area contributed by atoms with Crippen LogP contribution in [0.1, 0.15) is 46.0 Å². The second-order valence-corrected chi connectivity index (χ2v) is 4.81. The minimum Gasteiger partial charge on any atom is -0.0882 e. The third-order valence-corrected chi connectivity index (χ3v) is 3.89. The highest BCUT2D eigenvalue weighted by atomic mass is 14.6. The van der Waals surface area contributed by atoms with Gasteiger partial charge >= 0.3 is 0 Å². The number of fused-ring (bicyclic) bond motifs is 1. The van der Waals surface area contributed by atoms with Gasteiger partial charge in [-0.05, 0) is 42.9 Å². The van der Waals surface area contributed by atoms with E-state index in [9.17, 15) is 0 Å². The second kappa shape index (κ2) is 2.90. The number of allylic oxidation sites excluding steroid dienone is 2. The standard InChI is InChI=1S/C12H20/c1-3-7-12-8-5-4-6-10(2)11(12)9-12/h4-5,10-11H,3,6-9H2,1-2H3. The zero-order chi connectivity index (χ0) is 8.60. The summed E-state index contributed by atoms with van der Waals surface area (Å²) >= 11 is 0. The molecule has 2 rings (SSSR count). The van der Waals surface area contributed by atoms with Crippen molar-refractivity contribution >= 4 is 0 Å². The van der Waals surface area contributed by atoms with Gasteiger partial charge in [0, 0.05) is 0 Å². The smallest absolute Gasteiger partial charge is 0.0229 e. The van der Waals surface area contributed by atoms with Crippen LogP contribution in [-0.4, -0.2) is 0 Å². The van der Waals surface area contributed by atoms with Crippen molar-refractivity contribution in [3.63, 3.8) is 0 Å². The Bertz CT molecular complexity index is 192. The van der Waals surface area contributed by atoms with Gasteiger partial charge in [0.1, 0.15) is 0 Å². The lowest BCUT2D eigenvalue weighted by Crippen LogP contribution is -2.06. The third kappa shape index (κ3) is 1.22. The van der Waals surface area contributed by atoms with Gasteiger partial charge in [0.25, 0.3) is 0 Å². The fraction of sp³-hybridized carbons (Fsp3) is 0.833. The average Bonchev–Trinajstić information content (AvgIpc) is 2.74. The normalized spacial score (nSPS) is 45.2. The van der Waals surface area contributed by atoms with E-state index in [-0.39, 0.29) is 0 Å². The van der Waals surface area contributed by atoms with Gasteiger partial charge in [-0.2, -0.15) is 0 Å². The van der Waals surface area contributed by atoms with Crippen LogP contribution in [-0.2, 0) is 0 Å². The van der Waals surface area contributed by atoms with Crippen LogP contribution in [0.3, 0.4) is 0 Å². The summed E-state index contributed by atoms with van der Waals surface area (Å²) in [6.45, 7) is 4.75. The largest absolute Gasteiger partial charge is 0.0882 e. The maximum absolute atomic E-state index is 2.43. The summed E-state index contributed by atoms with van der Waals surface area (Å²) in [5.41, 5.74) is 0.765. The van der Waals surface area contributed by atoms with Crippen LogP contribution in [0.5, 0.6) is 0 Å². The molecule has 0 N–H and O–H groups in total. The van der Waals surface area contributed by atoms with Crippen LogP contribution in [0, 0.1) is 17.3 Å². The van der Waals surface area contributed by atoms with Crippen molar-refractivity contribution in [2.45, 2.75) is 46.0 Å². The van der Waals surface area contributed by atoms with Gasteiger partial charge in [-0.15, -0.1) is 0 Å². The number of hydrogen-bond acceptors (Lipinski definition) is 0. The Balaban J connectivity index is 2.05. The first-order chi connectivity index (χ1) is 5.78. The number of hydrogen-bond donors (Lipinski definition) is 0. The van der Waals surface area contributed by atoms with Crippen molar-refractivity contribution in [2.75, 3.05) is 0 Å². The Morgan fingerprint density at radius 2 is 2.25 bits per heavy atom. The van der Waals surface area contributed by atoms with Gasteiger partial charge in [0.05, 0.1) is 0 Å². The molecule has 0 aliphatic heterocycles. The summed E-state index contributed by atoms with van der Waals surface area (Å²) in [6, 6.07) is 0. The van der Waals surface area contributed by atoms with Crippen molar-refractivity contribution in [3.8, 4) is 0 Å². The third-order valence-electron chi connectivity index (χ3n) is 3.89. The maximum Gasteiger partial charge on any atom is -0.0229 e. The molecule has 3 atom stereocenters. The molecule has 0 spiro atoms. The van der Waals surface area contributed by atoms with E-state index in [0.717, 1.165) is 17.3 Å². The van der Waals surface area contributed by atoms with Gasteiger partial charge in [-0.25, -0.2) is 0 Å². The molecule has 68 valence electrons. The molecule has 0 radical (unpaired) electrons. The highest BCUT2D eigenvalue weighted by molar-refractivity contribution is 5.11. The fourth-order valence-electron chi connectivity index (χ4n) is 3.10. The van der Waals surface area contributed by atoms with E-state index in [0.29, 0.717) is 0 Å². The highest BCUT2D eigenvalue weighted by Crippen LogP contribution is 2.63. The Labute approximate surface area is 76.1 Å². The molecule has 0 aromatic heterocycles. The van der Waals surface area contributed by atoms with Gasteiger partial charge < -0.3 is 0 Å². The maximum atomic E-state index is 2.43.